The predicted octanol–water partition coefficient (Wildman–Crippen LogP) is 2.53. The van der Waals surface area contributed by atoms with Gasteiger partial charge in [0.25, 0.3) is 0 Å². The third-order valence-electron chi connectivity index (χ3n) is 1.95. The molecule has 0 amide bonds. The molecule has 0 aliphatic carbocycles. The van der Waals surface area contributed by atoms with E-state index in [-0.39, 0.29) is 0 Å². The lowest BCUT2D eigenvalue weighted by Crippen LogP contribution is -1.99. The molecule has 72 valence electrons. The summed E-state index contributed by atoms with van der Waals surface area (Å²) < 4.78 is 2.77. The van der Waals surface area contributed by atoms with Crippen LogP contribution in [0.25, 0.3) is 5.69 Å². The van der Waals surface area contributed by atoms with Gasteiger partial charge in [0.05, 0.1) is 17.6 Å². The highest BCUT2D eigenvalue weighted by Crippen LogP contribution is 2.21. The molecule has 14 heavy (non-hydrogen) atoms. The Labute approximate surface area is 90.7 Å². The van der Waals surface area contributed by atoms with Crippen molar-refractivity contribution in [3.63, 3.8) is 0 Å². The number of hydrogen-bond acceptors (Lipinski definition) is 2. The summed E-state index contributed by atoms with van der Waals surface area (Å²) in [6.07, 6.45) is 3.75. The molecule has 2 aromatic rings. The number of anilines is 1. The Hall–Kier alpha value is -1.29. The van der Waals surface area contributed by atoms with Crippen molar-refractivity contribution in [2.24, 2.45) is 0 Å². The van der Waals surface area contributed by atoms with Gasteiger partial charge in [-0.15, -0.1) is 0 Å². The van der Waals surface area contributed by atoms with E-state index in [0.717, 1.165) is 21.4 Å². The molecule has 0 atom stereocenters. The zero-order valence-corrected chi connectivity index (χ0v) is 9.32. The van der Waals surface area contributed by atoms with Crippen LogP contribution < -0.4 is 5.73 Å². The normalized spacial score (nSPS) is 10.4. The number of halogens is 1. The van der Waals surface area contributed by atoms with Crippen molar-refractivity contribution in [3.05, 3.63) is 40.6 Å². The van der Waals surface area contributed by atoms with Crippen LogP contribution in [0.5, 0.6) is 0 Å². The molecule has 1 aromatic carbocycles. The van der Waals surface area contributed by atoms with Gasteiger partial charge in [0.1, 0.15) is 0 Å². The molecule has 0 unspecified atom stereocenters. The van der Waals surface area contributed by atoms with Crippen LogP contribution in [0.3, 0.4) is 0 Å². The fourth-order valence-corrected chi connectivity index (χ4v) is 1.61. The van der Waals surface area contributed by atoms with Crippen molar-refractivity contribution in [3.8, 4) is 5.69 Å². The van der Waals surface area contributed by atoms with Gasteiger partial charge in [-0.05, 0) is 30.7 Å². The Balaban J connectivity index is 2.55. The van der Waals surface area contributed by atoms with E-state index in [9.17, 15) is 0 Å². The monoisotopic (exact) mass is 251 g/mol. The fraction of sp³-hybridized carbons (Fsp3) is 0.100. The predicted molar refractivity (Wildman–Crippen MR) is 60.4 cm³/mol. The zero-order chi connectivity index (χ0) is 10.1. The number of rotatable bonds is 1. The minimum Gasteiger partial charge on any atom is -0.397 e. The van der Waals surface area contributed by atoms with Crippen LogP contribution in [0.2, 0.25) is 0 Å². The van der Waals surface area contributed by atoms with E-state index in [1.807, 2.05) is 31.3 Å². The number of nitrogens with zero attached hydrogens (tertiary/aromatic N) is 2. The minimum atomic E-state index is 0.719. The Kier molecular flexibility index (Phi) is 2.29. The average Bonchev–Trinajstić information content (AvgIpc) is 2.56. The molecule has 0 fully saturated rings. The number of aryl methyl sites for hydroxylation is 1. The highest BCUT2D eigenvalue weighted by molar-refractivity contribution is 9.10. The van der Waals surface area contributed by atoms with Crippen molar-refractivity contribution in [1.82, 2.24) is 9.78 Å². The van der Waals surface area contributed by atoms with Gasteiger partial charge in [-0.2, -0.15) is 5.10 Å². The van der Waals surface area contributed by atoms with Gasteiger partial charge < -0.3 is 5.73 Å². The van der Waals surface area contributed by atoms with E-state index in [0.29, 0.717) is 0 Å². The van der Waals surface area contributed by atoms with Crippen LogP contribution in [-0.2, 0) is 0 Å². The quantitative estimate of drug-likeness (QED) is 0.792. The van der Waals surface area contributed by atoms with Gasteiger partial charge in [-0.3, -0.25) is 0 Å². The van der Waals surface area contributed by atoms with Crippen molar-refractivity contribution < 1.29 is 0 Å². The highest BCUT2D eigenvalue weighted by atomic mass is 79.9. The van der Waals surface area contributed by atoms with Crippen LogP contribution in [-0.4, -0.2) is 9.78 Å². The molecule has 0 saturated carbocycles. The molecule has 0 bridgehead atoms. The third-order valence-corrected chi connectivity index (χ3v) is 2.44. The lowest BCUT2D eigenvalue weighted by Gasteiger charge is -2.05. The van der Waals surface area contributed by atoms with Gasteiger partial charge in [-0.25, -0.2) is 4.68 Å². The largest absolute Gasteiger partial charge is 0.397 e. The number of hydrogen-bond donors (Lipinski definition) is 1. The Morgan fingerprint density at radius 1 is 1.43 bits per heavy atom. The molecule has 3 nitrogen and oxygen atoms in total. The summed E-state index contributed by atoms with van der Waals surface area (Å²) in [6, 6.07) is 5.72. The Bertz CT molecular complexity index is 462. The molecule has 0 aliphatic rings. The number of aromatic nitrogens is 2. The third kappa shape index (κ3) is 1.65. The second-order valence-corrected chi connectivity index (χ2v) is 4.08. The van der Waals surface area contributed by atoms with Crippen LogP contribution in [0.1, 0.15) is 5.56 Å². The fourth-order valence-electron chi connectivity index (χ4n) is 1.26. The molecular formula is C10H10BrN3. The first kappa shape index (κ1) is 9.27. The van der Waals surface area contributed by atoms with E-state index < -0.39 is 0 Å². The summed E-state index contributed by atoms with van der Waals surface area (Å²) in [7, 11) is 0. The maximum atomic E-state index is 5.85. The molecule has 2 rings (SSSR count). The second kappa shape index (κ2) is 3.46. The molecule has 0 spiro atoms. The number of nitrogens with two attached hydrogens (primary N) is 1. The molecule has 0 saturated heterocycles. The SMILES string of the molecule is Cc1cnn(-c2cc(Br)ccc2N)c1. The first-order valence-corrected chi connectivity index (χ1v) is 5.03. The van der Waals surface area contributed by atoms with Crippen molar-refractivity contribution >= 4 is 21.6 Å². The Morgan fingerprint density at radius 2 is 2.21 bits per heavy atom. The maximum Gasteiger partial charge on any atom is 0.0886 e. The van der Waals surface area contributed by atoms with Gasteiger partial charge in [-0.1, -0.05) is 15.9 Å². The summed E-state index contributed by atoms with van der Waals surface area (Å²) in [5.41, 5.74) is 8.58. The smallest absolute Gasteiger partial charge is 0.0886 e. The highest BCUT2D eigenvalue weighted by Gasteiger charge is 2.03. The van der Waals surface area contributed by atoms with Crippen molar-refractivity contribution in [1.29, 1.82) is 0 Å². The van der Waals surface area contributed by atoms with E-state index in [4.69, 9.17) is 5.73 Å². The summed E-state index contributed by atoms with van der Waals surface area (Å²) in [5.74, 6) is 0. The van der Waals surface area contributed by atoms with Gasteiger partial charge in [0.2, 0.25) is 0 Å². The van der Waals surface area contributed by atoms with Gasteiger partial charge in [0.15, 0.2) is 0 Å². The summed E-state index contributed by atoms with van der Waals surface area (Å²) >= 11 is 3.40. The molecule has 4 heteroatoms. The van der Waals surface area contributed by atoms with Gasteiger partial charge in [0, 0.05) is 10.7 Å². The lowest BCUT2D eigenvalue weighted by molar-refractivity contribution is 0.882. The molecule has 2 N–H and O–H groups in total. The second-order valence-electron chi connectivity index (χ2n) is 3.17. The molecule has 0 radical (unpaired) electrons. The van der Waals surface area contributed by atoms with E-state index in [1.165, 1.54) is 0 Å². The zero-order valence-electron chi connectivity index (χ0n) is 7.74. The Morgan fingerprint density at radius 3 is 2.86 bits per heavy atom. The van der Waals surface area contributed by atoms with Crippen LogP contribution in [0.15, 0.2) is 35.1 Å². The number of benzene rings is 1. The van der Waals surface area contributed by atoms with Crippen molar-refractivity contribution in [2.75, 3.05) is 5.73 Å². The maximum absolute atomic E-state index is 5.85. The first-order chi connectivity index (χ1) is 6.66. The summed E-state index contributed by atoms with van der Waals surface area (Å²) in [6.45, 7) is 2.00. The summed E-state index contributed by atoms with van der Waals surface area (Å²) in [5, 5.41) is 4.20. The molecular weight excluding hydrogens is 242 g/mol. The average molecular weight is 252 g/mol. The molecule has 1 aromatic heterocycles. The lowest BCUT2D eigenvalue weighted by atomic mass is 10.3. The minimum absolute atomic E-state index is 0.719. The molecule has 1 heterocycles. The van der Waals surface area contributed by atoms with Crippen molar-refractivity contribution in [2.45, 2.75) is 6.92 Å². The van der Waals surface area contributed by atoms with E-state index in [2.05, 4.69) is 21.0 Å². The van der Waals surface area contributed by atoms with Gasteiger partial charge >= 0.3 is 0 Å². The molecule has 0 aliphatic heterocycles. The van der Waals surface area contributed by atoms with Crippen LogP contribution in [0, 0.1) is 6.92 Å². The van der Waals surface area contributed by atoms with E-state index in [1.54, 1.807) is 10.9 Å². The standard InChI is InChI=1S/C10H10BrN3/c1-7-5-13-14(6-7)10-4-8(11)2-3-9(10)12/h2-6H,12H2,1H3. The van der Waals surface area contributed by atoms with Crippen LogP contribution >= 0.6 is 15.9 Å². The van der Waals surface area contributed by atoms with Crippen LogP contribution in [0.4, 0.5) is 5.69 Å². The first-order valence-electron chi connectivity index (χ1n) is 4.23. The number of nitrogen functional groups attached to an aromatic ring is 1. The topological polar surface area (TPSA) is 43.8 Å². The summed E-state index contributed by atoms with van der Waals surface area (Å²) in [4.78, 5) is 0. The van der Waals surface area contributed by atoms with E-state index >= 15 is 0 Å².